The molecule has 0 radical (unpaired) electrons. The zero-order chi connectivity index (χ0) is 12.7. The van der Waals surface area contributed by atoms with Crippen LogP contribution in [0.5, 0.6) is 5.75 Å². The van der Waals surface area contributed by atoms with Crippen LogP contribution in [-0.2, 0) is 5.60 Å². The molecule has 1 aliphatic rings. The van der Waals surface area contributed by atoms with Crippen LogP contribution in [0.1, 0.15) is 24.8 Å². The minimum atomic E-state index is -4.76. The second-order valence-corrected chi connectivity index (χ2v) is 4.54. The Bertz CT molecular complexity index is 427. The van der Waals surface area contributed by atoms with Gasteiger partial charge in [0.25, 0.3) is 0 Å². The lowest BCUT2D eigenvalue weighted by molar-refractivity contribution is -0.274. The highest BCUT2D eigenvalue weighted by Gasteiger charge is 2.37. The number of alkyl halides is 3. The second-order valence-electron chi connectivity index (χ2n) is 4.11. The van der Waals surface area contributed by atoms with Crippen molar-refractivity contribution >= 4 is 11.6 Å². The predicted molar refractivity (Wildman–Crippen MR) is 55.9 cm³/mol. The Morgan fingerprint density at radius 3 is 2.35 bits per heavy atom. The van der Waals surface area contributed by atoms with Crippen molar-refractivity contribution in [2.24, 2.45) is 0 Å². The van der Waals surface area contributed by atoms with Crippen molar-refractivity contribution in [3.63, 3.8) is 0 Å². The van der Waals surface area contributed by atoms with Crippen molar-refractivity contribution in [1.29, 1.82) is 0 Å². The number of halogens is 4. The van der Waals surface area contributed by atoms with Gasteiger partial charge >= 0.3 is 6.36 Å². The van der Waals surface area contributed by atoms with Gasteiger partial charge in [0.05, 0.1) is 5.60 Å². The molecular formula is C11H10ClF3O2. The predicted octanol–water partition coefficient (Wildman–Crippen LogP) is 3.61. The molecule has 1 saturated carbocycles. The highest BCUT2D eigenvalue weighted by Crippen LogP contribution is 2.43. The first-order chi connectivity index (χ1) is 7.78. The molecule has 1 N–H and O–H groups in total. The van der Waals surface area contributed by atoms with E-state index in [1.54, 1.807) is 0 Å². The molecule has 0 aliphatic heterocycles. The van der Waals surface area contributed by atoms with Crippen molar-refractivity contribution < 1.29 is 23.0 Å². The summed E-state index contributed by atoms with van der Waals surface area (Å²) in [4.78, 5) is 0. The fourth-order valence-corrected chi connectivity index (χ4v) is 2.05. The number of ether oxygens (including phenoxy) is 1. The topological polar surface area (TPSA) is 29.5 Å². The van der Waals surface area contributed by atoms with Gasteiger partial charge in [-0.2, -0.15) is 0 Å². The molecule has 0 saturated heterocycles. The molecule has 2 rings (SSSR count). The summed E-state index contributed by atoms with van der Waals surface area (Å²) in [5.41, 5.74) is -0.690. The molecule has 94 valence electrons. The van der Waals surface area contributed by atoms with E-state index in [1.165, 1.54) is 12.1 Å². The van der Waals surface area contributed by atoms with E-state index in [2.05, 4.69) is 4.74 Å². The Hall–Kier alpha value is -0.940. The quantitative estimate of drug-likeness (QED) is 0.886. The van der Waals surface area contributed by atoms with Gasteiger partial charge in [-0.1, -0.05) is 11.6 Å². The van der Waals surface area contributed by atoms with Gasteiger partial charge in [0.1, 0.15) is 5.75 Å². The monoisotopic (exact) mass is 266 g/mol. The van der Waals surface area contributed by atoms with Crippen molar-refractivity contribution in [2.75, 3.05) is 0 Å². The maximum absolute atomic E-state index is 12.1. The normalized spacial score (nSPS) is 18.6. The molecule has 6 heteroatoms. The van der Waals surface area contributed by atoms with E-state index < -0.39 is 17.7 Å². The summed E-state index contributed by atoms with van der Waals surface area (Å²) in [6.07, 6.45) is -2.86. The van der Waals surface area contributed by atoms with Crippen LogP contribution in [-0.4, -0.2) is 11.5 Å². The Balaban J connectivity index is 2.29. The molecule has 0 aromatic heterocycles. The summed E-state index contributed by atoms with van der Waals surface area (Å²) >= 11 is 5.71. The second kappa shape index (κ2) is 4.07. The third-order valence-corrected chi connectivity index (χ3v) is 3.04. The van der Waals surface area contributed by atoms with Crippen LogP contribution in [0.4, 0.5) is 13.2 Å². The molecular weight excluding hydrogens is 257 g/mol. The summed E-state index contributed by atoms with van der Waals surface area (Å²) in [5, 5.41) is 10.1. The van der Waals surface area contributed by atoms with E-state index >= 15 is 0 Å². The lowest BCUT2D eigenvalue weighted by Gasteiger charge is -2.37. The van der Waals surface area contributed by atoms with Gasteiger partial charge < -0.3 is 9.84 Å². The minimum Gasteiger partial charge on any atom is -0.406 e. The molecule has 0 bridgehead atoms. The standard InChI is InChI=1S/C11H10ClF3O2/c12-8-4-7(10(16)2-1-3-10)5-9(6-8)17-11(13,14)15/h4-6,16H,1-3H2. The maximum Gasteiger partial charge on any atom is 0.573 e. The Morgan fingerprint density at radius 2 is 1.88 bits per heavy atom. The molecule has 0 atom stereocenters. The molecule has 0 heterocycles. The van der Waals surface area contributed by atoms with Crippen LogP contribution in [0.3, 0.4) is 0 Å². The third-order valence-electron chi connectivity index (χ3n) is 2.82. The van der Waals surface area contributed by atoms with E-state index in [9.17, 15) is 18.3 Å². The van der Waals surface area contributed by atoms with Gasteiger partial charge in [0.2, 0.25) is 0 Å². The molecule has 17 heavy (non-hydrogen) atoms. The van der Waals surface area contributed by atoms with Crippen LogP contribution in [0.15, 0.2) is 18.2 Å². The largest absolute Gasteiger partial charge is 0.573 e. The van der Waals surface area contributed by atoms with Gasteiger partial charge in [-0.3, -0.25) is 0 Å². The average Bonchev–Trinajstić information content (AvgIpc) is 2.10. The van der Waals surface area contributed by atoms with Crippen LogP contribution >= 0.6 is 11.6 Å². The zero-order valence-corrected chi connectivity index (χ0v) is 9.48. The smallest absolute Gasteiger partial charge is 0.406 e. The van der Waals surface area contributed by atoms with Gasteiger partial charge in [-0.15, -0.1) is 13.2 Å². The van der Waals surface area contributed by atoms with E-state index in [0.717, 1.165) is 12.5 Å². The minimum absolute atomic E-state index is 0.113. The van der Waals surface area contributed by atoms with Crippen LogP contribution in [0, 0.1) is 0 Å². The van der Waals surface area contributed by atoms with E-state index in [1.807, 2.05) is 0 Å². The lowest BCUT2D eigenvalue weighted by atomic mass is 9.75. The lowest BCUT2D eigenvalue weighted by Crippen LogP contribution is -2.33. The van der Waals surface area contributed by atoms with Crippen molar-refractivity contribution in [1.82, 2.24) is 0 Å². The summed E-state index contributed by atoms with van der Waals surface area (Å²) in [5.74, 6) is -0.402. The summed E-state index contributed by atoms with van der Waals surface area (Å²) < 4.78 is 40.0. The Morgan fingerprint density at radius 1 is 1.24 bits per heavy atom. The molecule has 1 aromatic carbocycles. The molecule has 0 unspecified atom stereocenters. The average molecular weight is 267 g/mol. The Labute approximate surface area is 101 Å². The SMILES string of the molecule is OC1(c2cc(Cl)cc(OC(F)(F)F)c2)CCC1. The van der Waals surface area contributed by atoms with E-state index in [-0.39, 0.29) is 5.02 Å². The van der Waals surface area contributed by atoms with E-state index in [4.69, 9.17) is 11.6 Å². The number of hydrogen-bond donors (Lipinski definition) is 1. The first-order valence-corrected chi connectivity index (χ1v) is 5.45. The van der Waals surface area contributed by atoms with Gasteiger partial charge in [-0.05, 0) is 43.0 Å². The van der Waals surface area contributed by atoms with Crippen LogP contribution in [0.2, 0.25) is 5.02 Å². The first kappa shape index (κ1) is 12.5. The van der Waals surface area contributed by atoms with E-state index in [0.29, 0.717) is 18.4 Å². The maximum atomic E-state index is 12.1. The molecule has 0 spiro atoms. The number of rotatable bonds is 2. The highest BCUT2D eigenvalue weighted by atomic mass is 35.5. The number of benzene rings is 1. The summed E-state index contributed by atoms with van der Waals surface area (Å²) in [6.45, 7) is 0. The molecule has 1 aromatic rings. The van der Waals surface area contributed by atoms with Crippen LogP contribution in [0.25, 0.3) is 0 Å². The van der Waals surface area contributed by atoms with Crippen molar-refractivity contribution in [3.05, 3.63) is 28.8 Å². The molecule has 0 amide bonds. The fourth-order valence-electron chi connectivity index (χ4n) is 1.82. The summed E-state index contributed by atoms with van der Waals surface area (Å²) in [7, 11) is 0. The van der Waals surface area contributed by atoms with Gasteiger partial charge in [0.15, 0.2) is 0 Å². The third kappa shape index (κ3) is 2.84. The van der Waals surface area contributed by atoms with Gasteiger partial charge in [0, 0.05) is 5.02 Å². The van der Waals surface area contributed by atoms with Crippen LogP contribution < -0.4 is 4.74 Å². The zero-order valence-electron chi connectivity index (χ0n) is 8.72. The number of hydrogen-bond acceptors (Lipinski definition) is 2. The molecule has 1 fully saturated rings. The fraction of sp³-hybridized carbons (Fsp3) is 0.455. The van der Waals surface area contributed by atoms with Crippen molar-refractivity contribution in [3.8, 4) is 5.75 Å². The first-order valence-electron chi connectivity index (χ1n) is 5.08. The molecule has 2 nitrogen and oxygen atoms in total. The van der Waals surface area contributed by atoms with Crippen molar-refractivity contribution in [2.45, 2.75) is 31.2 Å². The number of aliphatic hydroxyl groups is 1. The highest BCUT2D eigenvalue weighted by molar-refractivity contribution is 6.30. The Kier molecular flexibility index (Phi) is 2.99. The summed E-state index contributed by atoms with van der Waals surface area (Å²) in [6, 6.07) is 3.71. The van der Waals surface area contributed by atoms with Gasteiger partial charge in [-0.25, -0.2) is 0 Å². The molecule has 1 aliphatic carbocycles.